The lowest BCUT2D eigenvalue weighted by atomic mass is 10.2. The van der Waals surface area contributed by atoms with Gasteiger partial charge in [0.05, 0.1) is 11.3 Å². The second-order valence-corrected chi connectivity index (χ2v) is 4.35. The smallest absolute Gasteiger partial charge is 0.354 e. The zero-order chi connectivity index (χ0) is 14.7. The maximum Gasteiger partial charge on any atom is 0.354 e. The van der Waals surface area contributed by atoms with Crippen molar-refractivity contribution in [3.8, 4) is 0 Å². The lowest BCUT2D eigenvalue weighted by Crippen LogP contribution is -2.24. The molecule has 0 spiro atoms. The van der Waals surface area contributed by atoms with Crippen LogP contribution in [0.5, 0.6) is 0 Å². The number of carbonyl (C=O) groups is 2. The number of aryl methyl sites for hydroxylation is 2. The maximum atomic E-state index is 12.0. The normalized spacial score (nSPS) is 10.3. The highest BCUT2D eigenvalue weighted by Crippen LogP contribution is 2.09. The summed E-state index contributed by atoms with van der Waals surface area (Å²) in [5, 5.41) is 18.2. The van der Waals surface area contributed by atoms with Gasteiger partial charge in [-0.25, -0.2) is 9.78 Å². The average Bonchev–Trinajstić information content (AvgIpc) is 2.76. The van der Waals surface area contributed by atoms with Crippen LogP contribution in [0.4, 0.5) is 0 Å². The zero-order valence-corrected chi connectivity index (χ0v) is 11.1. The zero-order valence-electron chi connectivity index (χ0n) is 11.1. The van der Waals surface area contributed by atoms with Crippen molar-refractivity contribution in [2.75, 3.05) is 0 Å². The van der Waals surface area contributed by atoms with Gasteiger partial charge in [0, 0.05) is 18.4 Å². The van der Waals surface area contributed by atoms with Crippen molar-refractivity contribution in [2.45, 2.75) is 20.4 Å². The van der Waals surface area contributed by atoms with E-state index in [2.05, 4.69) is 20.5 Å². The molecule has 3 N–H and O–H groups in total. The first kappa shape index (κ1) is 13.7. The Bertz CT molecular complexity index is 627. The summed E-state index contributed by atoms with van der Waals surface area (Å²) in [4.78, 5) is 26.5. The number of H-pyrrole nitrogens is 1. The summed E-state index contributed by atoms with van der Waals surface area (Å²) in [5.41, 5.74) is 2.57. The molecule has 0 aliphatic carbocycles. The molecule has 2 aromatic rings. The van der Waals surface area contributed by atoms with E-state index in [0.29, 0.717) is 17.0 Å². The van der Waals surface area contributed by atoms with E-state index in [1.807, 2.05) is 0 Å². The van der Waals surface area contributed by atoms with Crippen molar-refractivity contribution >= 4 is 11.9 Å². The Balaban J connectivity index is 2.02. The number of rotatable bonds is 4. The monoisotopic (exact) mass is 274 g/mol. The van der Waals surface area contributed by atoms with Crippen LogP contribution in [0.2, 0.25) is 0 Å². The van der Waals surface area contributed by atoms with E-state index in [-0.39, 0.29) is 18.1 Å². The summed E-state index contributed by atoms with van der Waals surface area (Å²) in [6, 6.07) is 3.02. The van der Waals surface area contributed by atoms with Crippen LogP contribution in [0.25, 0.3) is 0 Å². The number of aromatic carboxylic acids is 1. The highest BCUT2D eigenvalue weighted by Gasteiger charge is 2.14. The Hall–Kier alpha value is -2.70. The van der Waals surface area contributed by atoms with Crippen LogP contribution >= 0.6 is 0 Å². The van der Waals surface area contributed by atoms with E-state index in [0.717, 1.165) is 5.56 Å². The molecular formula is C13H14N4O3. The second-order valence-electron chi connectivity index (χ2n) is 4.35. The molecule has 0 aliphatic heterocycles. The number of aromatic nitrogens is 3. The average molecular weight is 274 g/mol. The van der Waals surface area contributed by atoms with Gasteiger partial charge in [-0.05, 0) is 25.5 Å². The fourth-order valence-corrected chi connectivity index (χ4v) is 1.81. The molecule has 7 heteroatoms. The molecule has 0 bridgehead atoms. The van der Waals surface area contributed by atoms with Crippen LogP contribution < -0.4 is 5.32 Å². The number of amides is 1. The van der Waals surface area contributed by atoms with E-state index in [1.165, 1.54) is 12.3 Å². The van der Waals surface area contributed by atoms with Crippen LogP contribution in [0.15, 0.2) is 18.3 Å². The number of carbonyl (C=O) groups excluding carboxylic acids is 1. The number of carboxylic acid groups (broad SMARTS) is 1. The summed E-state index contributed by atoms with van der Waals surface area (Å²) in [7, 11) is 0. The maximum absolute atomic E-state index is 12.0. The van der Waals surface area contributed by atoms with E-state index < -0.39 is 5.97 Å². The Morgan fingerprint density at radius 2 is 2.10 bits per heavy atom. The van der Waals surface area contributed by atoms with Gasteiger partial charge in [-0.2, -0.15) is 5.10 Å². The minimum absolute atomic E-state index is 0.0263. The number of carboxylic acids is 1. The number of aromatic amines is 1. The van der Waals surface area contributed by atoms with Gasteiger partial charge < -0.3 is 10.4 Å². The number of nitrogens with one attached hydrogen (secondary N) is 2. The van der Waals surface area contributed by atoms with Crippen LogP contribution in [-0.4, -0.2) is 32.2 Å². The second kappa shape index (κ2) is 5.52. The highest BCUT2D eigenvalue weighted by molar-refractivity contribution is 5.96. The van der Waals surface area contributed by atoms with Crippen molar-refractivity contribution in [2.24, 2.45) is 0 Å². The number of pyridine rings is 1. The Labute approximate surface area is 115 Å². The van der Waals surface area contributed by atoms with Crippen molar-refractivity contribution in [1.29, 1.82) is 0 Å². The van der Waals surface area contributed by atoms with Crippen LogP contribution in [-0.2, 0) is 6.54 Å². The van der Waals surface area contributed by atoms with Crippen LogP contribution in [0.3, 0.4) is 0 Å². The summed E-state index contributed by atoms with van der Waals surface area (Å²) in [6.07, 6.45) is 1.43. The summed E-state index contributed by atoms with van der Waals surface area (Å²) >= 11 is 0. The fraction of sp³-hybridized carbons (Fsp3) is 0.231. The molecule has 0 atom stereocenters. The fourth-order valence-electron chi connectivity index (χ4n) is 1.81. The molecule has 0 aromatic carbocycles. The van der Waals surface area contributed by atoms with E-state index >= 15 is 0 Å². The molecule has 2 heterocycles. The van der Waals surface area contributed by atoms with E-state index in [1.54, 1.807) is 19.9 Å². The molecular weight excluding hydrogens is 260 g/mol. The van der Waals surface area contributed by atoms with Gasteiger partial charge in [-0.15, -0.1) is 0 Å². The molecule has 0 radical (unpaired) electrons. The standard InChI is InChI=1S/C13H14N4O3/c1-7-11(8(2)17-16-7)12(18)15-6-9-3-4-10(13(19)20)14-5-9/h3-5H,6H2,1-2H3,(H,15,18)(H,16,17)(H,19,20). The summed E-state index contributed by atoms with van der Waals surface area (Å²) in [6.45, 7) is 3.80. The predicted octanol–water partition coefficient (Wildman–Crippen LogP) is 1.05. The molecule has 104 valence electrons. The lowest BCUT2D eigenvalue weighted by molar-refractivity contribution is 0.0690. The quantitative estimate of drug-likeness (QED) is 0.772. The van der Waals surface area contributed by atoms with Gasteiger partial charge in [0.2, 0.25) is 0 Å². The third-order valence-electron chi connectivity index (χ3n) is 2.85. The molecule has 2 aromatic heterocycles. The van der Waals surface area contributed by atoms with Crippen LogP contribution in [0, 0.1) is 13.8 Å². The minimum atomic E-state index is -1.08. The first-order chi connectivity index (χ1) is 9.49. The van der Waals surface area contributed by atoms with Gasteiger partial charge in [-0.1, -0.05) is 6.07 Å². The molecule has 20 heavy (non-hydrogen) atoms. The molecule has 7 nitrogen and oxygen atoms in total. The lowest BCUT2D eigenvalue weighted by Gasteiger charge is -2.05. The van der Waals surface area contributed by atoms with Crippen LogP contribution in [0.1, 0.15) is 37.8 Å². The van der Waals surface area contributed by atoms with Gasteiger partial charge >= 0.3 is 5.97 Å². The number of hydrogen-bond acceptors (Lipinski definition) is 4. The largest absolute Gasteiger partial charge is 0.477 e. The van der Waals surface area contributed by atoms with Crippen molar-refractivity contribution < 1.29 is 14.7 Å². The SMILES string of the molecule is Cc1n[nH]c(C)c1C(=O)NCc1ccc(C(=O)O)nc1. The first-order valence-corrected chi connectivity index (χ1v) is 5.97. The number of nitrogens with zero attached hydrogens (tertiary/aromatic N) is 2. The third-order valence-corrected chi connectivity index (χ3v) is 2.85. The van der Waals surface area contributed by atoms with Crippen molar-refractivity contribution in [3.63, 3.8) is 0 Å². The van der Waals surface area contributed by atoms with Gasteiger partial charge in [0.25, 0.3) is 5.91 Å². The molecule has 0 unspecified atom stereocenters. The van der Waals surface area contributed by atoms with Gasteiger partial charge in [0.1, 0.15) is 5.69 Å². The van der Waals surface area contributed by atoms with Crippen molar-refractivity contribution in [3.05, 3.63) is 46.5 Å². The van der Waals surface area contributed by atoms with E-state index in [4.69, 9.17) is 5.11 Å². The molecule has 0 saturated heterocycles. The highest BCUT2D eigenvalue weighted by atomic mass is 16.4. The molecule has 0 aliphatic rings. The van der Waals surface area contributed by atoms with Crippen molar-refractivity contribution in [1.82, 2.24) is 20.5 Å². The Morgan fingerprint density at radius 1 is 1.35 bits per heavy atom. The summed E-state index contributed by atoms with van der Waals surface area (Å²) < 4.78 is 0. The first-order valence-electron chi connectivity index (χ1n) is 5.97. The topological polar surface area (TPSA) is 108 Å². The predicted molar refractivity (Wildman–Crippen MR) is 70.4 cm³/mol. The third kappa shape index (κ3) is 2.82. The van der Waals surface area contributed by atoms with Gasteiger partial charge in [-0.3, -0.25) is 9.89 Å². The molecule has 0 fully saturated rings. The Kier molecular flexibility index (Phi) is 3.79. The summed E-state index contributed by atoms with van der Waals surface area (Å²) in [5.74, 6) is -1.30. The van der Waals surface area contributed by atoms with Gasteiger partial charge in [0.15, 0.2) is 0 Å². The van der Waals surface area contributed by atoms with E-state index in [9.17, 15) is 9.59 Å². The molecule has 0 saturated carbocycles. The molecule has 2 rings (SSSR count). The minimum Gasteiger partial charge on any atom is -0.477 e. The number of hydrogen-bond donors (Lipinski definition) is 3. The molecule has 1 amide bonds. The Morgan fingerprint density at radius 3 is 2.60 bits per heavy atom.